The number of ketones is 1. The van der Waals surface area contributed by atoms with E-state index >= 15 is 0 Å². The molecular formula is C24H17ClN2O3. The van der Waals surface area contributed by atoms with Crippen molar-refractivity contribution in [1.82, 2.24) is 10.3 Å². The lowest BCUT2D eigenvalue weighted by Gasteiger charge is -2.11. The Morgan fingerprint density at radius 1 is 0.900 bits per heavy atom. The average molecular weight is 417 g/mol. The zero-order valence-corrected chi connectivity index (χ0v) is 16.6. The number of carbonyl (C=O) groups is 2. The summed E-state index contributed by atoms with van der Waals surface area (Å²) >= 11 is 5.87. The maximum atomic E-state index is 12.9. The van der Waals surface area contributed by atoms with Crippen LogP contribution in [0, 0.1) is 0 Å². The Labute approximate surface area is 178 Å². The summed E-state index contributed by atoms with van der Waals surface area (Å²) in [5.41, 5.74) is 2.15. The van der Waals surface area contributed by atoms with Crippen LogP contribution in [0.3, 0.4) is 0 Å². The van der Waals surface area contributed by atoms with E-state index < -0.39 is 5.91 Å². The Morgan fingerprint density at radius 2 is 1.63 bits per heavy atom. The number of para-hydroxylation sites is 1. The Morgan fingerprint density at radius 3 is 2.37 bits per heavy atom. The minimum atomic E-state index is -0.461. The van der Waals surface area contributed by atoms with Gasteiger partial charge in [-0.3, -0.25) is 14.6 Å². The van der Waals surface area contributed by atoms with Crippen LogP contribution in [0.4, 0.5) is 0 Å². The van der Waals surface area contributed by atoms with Crippen LogP contribution < -0.4 is 5.32 Å². The van der Waals surface area contributed by atoms with Gasteiger partial charge < -0.3 is 10.4 Å². The zero-order chi connectivity index (χ0) is 21.1. The standard InChI is InChI=1S/C24H17ClN2O3/c25-17-11-9-15(10-12-17)13-27-24(30)20-14-26-21-18(7-4-8-19(21)23(20)29)22(28)16-5-2-1-3-6-16/h1-12,14H,13H2,(H,26,29)(H,27,30). The summed E-state index contributed by atoms with van der Waals surface area (Å²) in [6.07, 6.45) is 1.29. The molecule has 1 amide bonds. The molecule has 0 saturated heterocycles. The fourth-order valence-electron chi connectivity index (χ4n) is 3.18. The highest BCUT2D eigenvalue weighted by atomic mass is 35.5. The molecule has 0 fully saturated rings. The van der Waals surface area contributed by atoms with Gasteiger partial charge in [-0.15, -0.1) is 0 Å². The largest absolute Gasteiger partial charge is 0.506 e. The Bertz CT molecular complexity index is 1240. The summed E-state index contributed by atoms with van der Waals surface area (Å²) in [6.45, 7) is 0.278. The molecule has 148 valence electrons. The van der Waals surface area contributed by atoms with E-state index in [1.165, 1.54) is 6.20 Å². The van der Waals surface area contributed by atoms with Gasteiger partial charge in [-0.25, -0.2) is 0 Å². The molecule has 2 N–H and O–H groups in total. The first-order valence-electron chi connectivity index (χ1n) is 9.27. The van der Waals surface area contributed by atoms with Gasteiger partial charge in [0, 0.05) is 34.3 Å². The molecular weight excluding hydrogens is 400 g/mol. The molecule has 3 aromatic carbocycles. The number of hydrogen-bond acceptors (Lipinski definition) is 4. The van der Waals surface area contributed by atoms with Crippen LogP contribution >= 0.6 is 11.6 Å². The van der Waals surface area contributed by atoms with Crippen molar-refractivity contribution in [2.24, 2.45) is 0 Å². The van der Waals surface area contributed by atoms with E-state index in [0.29, 0.717) is 27.1 Å². The molecule has 0 unspecified atom stereocenters. The lowest BCUT2D eigenvalue weighted by Crippen LogP contribution is -2.23. The van der Waals surface area contributed by atoms with Crippen molar-refractivity contribution in [3.8, 4) is 5.75 Å². The van der Waals surface area contributed by atoms with E-state index in [1.807, 2.05) is 18.2 Å². The van der Waals surface area contributed by atoms with E-state index in [-0.39, 0.29) is 23.6 Å². The van der Waals surface area contributed by atoms with E-state index in [1.54, 1.807) is 54.6 Å². The van der Waals surface area contributed by atoms with Crippen LogP contribution in [0.1, 0.15) is 31.8 Å². The van der Waals surface area contributed by atoms with Crippen molar-refractivity contribution in [2.75, 3.05) is 0 Å². The summed E-state index contributed by atoms with van der Waals surface area (Å²) in [7, 11) is 0. The first-order valence-corrected chi connectivity index (χ1v) is 9.65. The molecule has 1 heterocycles. The molecule has 4 rings (SSSR count). The minimum Gasteiger partial charge on any atom is -0.506 e. The normalized spacial score (nSPS) is 10.7. The molecule has 0 bridgehead atoms. The Hall–Kier alpha value is -3.70. The van der Waals surface area contributed by atoms with Crippen molar-refractivity contribution in [2.45, 2.75) is 6.54 Å². The molecule has 0 atom stereocenters. The van der Waals surface area contributed by atoms with Crippen LogP contribution in [0.5, 0.6) is 5.75 Å². The summed E-state index contributed by atoms with van der Waals surface area (Å²) in [4.78, 5) is 29.8. The number of aromatic hydroxyl groups is 1. The Kier molecular flexibility index (Phi) is 5.46. The number of fused-ring (bicyclic) bond motifs is 1. The molecule has 4 aromatic rings. The highest BCUT2D eigenvalue weighted by Crippen LogP contribution is 2.30. The van der Waals surface area contributed by atoms with E-state index in [4.69, 9.17) is 11.6 Å². The number of amides is 1. The van der Waals surface area contributed by atoms with E-state index in [0.717, 1.165) is 5.56 Å². The number of rotatable bonds is 5. The van der Waals surface area contributed by atoms with Crippen molar-refractivity contribution >= 4 is 34.2 Å². The molecule has 5 nitrogen and oxygen atoms in total. The summed E-state index contributed by atoms with van der Waals surface area (Å²) in [5.74, 6) is -0.874. The van der Waals surface area contributed by atoms with Gasteiger partial charge in [0.25, 0.3) is 5.91 Å². The van der Waals surface area contributed by atoms with Gasteiger partial charge in [-0.05, 0) is 29.8 Å². The minimum absolute atomic E-state index is 0.0424. The average Bonchev–Trinajstić information content (AvgIpc) is 2.78. The number of aromatic nitrogens is 1. The monoisotopic (exact) mass is 416 g/mol. The highest BCUT2D eigenvalue weighted by Gasteiger charge is 2.19. The van der Waals surface area contributed by atoms with Gasteiger partial charge in [-0.1, -0.05) is 60.1 Å². The molecule has 0 spiro atoms. The second-order valence-corrected chi connectivity index (χ2v) is 7.16. The quantitative estimate of drug-likeness (QED) is 0.460. The SMILES string of the molecule is O=C(NCc1ccc(Cl)cc1)c1cnc2c(C(=O)c3ccccc3)cccc2c1O. The molecule has 6 heteroatoms. The van der Waals surface area contributed by atoms with Crippen LogP contribution in [-0.4, -0.2) is 21.8 Å². The van der Waals surface area contributed by atoms with E-state index in [2.05, 4.69) is 10.3 Å². The fourth-order valence-corrected chi connectivity index (χ4v) is 3.31. The maximum Gasteiger partial charge on any atom is 0.256 e. The fraction of sp³-hybridized carbons (Fsp3) is 0.0417. The summed E-state index contributed by atoms with van der Waals surface area (Å²) < 4.78 is 0. The third-order valence-corrected chi connectivity index (χ3v) is 5.01. The van der Waals surface area contributed by atoms with Crippen LogP contribution in [0.25, 0.3) is 10.9 Å². The molecule has 0 radical (unpaired) electrons. The summed E-state index contributed by atoms with van der Waals surface area (Å²) in [5, 5.41) is 14.4. The van der Waals surface area contributed by atoms with Crippen molar-refractivity contribution < 1.29 is 14.7 Å². The predicted octanol–water partition coefficient (Wildman–Crippen LogP) is 4.75. The first kappa shape index (κ1) is 19.6. The van der Waals surface area contributed by atoms with Crippen molar-refractivity contribution in [1.29, 1.82) is 0 Å². The zero-order valence-electron chi connectivity index (χ0n) is 15.8. The van der Waals surface area contributed by atoms with E-state index in [9.17, 15) is 14.7 Å². The third kappa shape index (κ3) is 3.88. The third-order valence-electron chi connectivity index (χ3n) is 4.76. The molecule has 0 aliphatic heterocycles. The van der Waals surface area contributed by atoms with Crippen LogP contribution in [-0.2, 0) is 6.54 Å². The second kappa shape index (κ2) is 8.35. The maximum absolute atomic E-state index is 12.9. The number of pyridine rings is 1. The molecule has 0 saturated carbocycles. The van der Waals surface area contributed by atoms with Crippen molar-refractivity contribution in [3.63, 3.8) is 0 Å². The van der Waals surface area contributed by atoms with Gasteiger partial charge in [0.15, 0.2) is 5.78 Å². The number of benzene rings is 3. The first-order chi connectivity index (χ1) is 14.5. The summed E-state index contributed by atoms with van der Waals surface area (Å²) in [6, 6.07) is 20.9. The lowest BCUT2D eigenvalue weighted by molar-refractivity contribution is 0.0947. The molecule has 0 aliphatic rings. The number of hydrogen-bond donors (Lipinski definition) is 2. The smallest absolute Gasteiger partial charge is 0.256 e. The Balaban J connectivity index is 1.63. The van der Waals surface area contributed by atoms with Crippen LogP contribution in [0.15, 0.2) is 79.0 Å². The molecule has 1 aromatic heterocycles. The van der Waals surface area contributed by atoms with Crippen molar-refractivity contribution in [3.05, 3.63) is 106 Å². The number of carbonyl (C=O) groups excluding carboxylic acids is 2. The van der Waals surface area contributed by atoms with Gasteiger partial charge in [0.2, 0.25) is 0 Å². The number of nitrogens with one attached hydrogen (secondary N) is 1. The predicted molar refractivity (Wildman–Crippen MR) is 116 cm³/mol. The topological polar surface area (TPSA) is 79.3 Å². The van der Waals surface area contributed by atoms with Gasteiger partial charge >= 0.3 is 0 Å². The number of halogens is 1. The van der Waals surface area contributed by atoms with Gasteiger partial charge in [-0.2, -0.15) is 0 Å². The van der Waals surface area contributed by atoms with Crippen LogP contribution in [0.2, 0.25) is 5.02 Å². The van der Waals surface area contributed by atoms with Gasteiger partial charge in [0.1, 0.15) is 11.3 Å². The number of nitrogens with zero attached hydrogens (tertiary/aromatic N) is 1. The lowest BCUT2D eigenvalue weighted by atomic mass is 9.99. The highest BCUT2D eigenvalue weighted by molar-refractivity contribution is 6.30. The van der Waals surface area contributed by atoms with Gasteiger partial charge in [0.05, 0.1) is 5.52 Å². The molecule has 0 aliphatic carbocycles. The molecule has 30 heavy (non-hydrogen) atoms. The second-order valence-electron chi connectivity index (χ2n) is 6.73.